The van der Waals surface area contributed by atoms with Crippen LogP contribution in [0.1, 0.15) is 26.2 Å². The van der Waals surface area contributed by atoms with Crippen LogP contribution < -0.4 is 5.73 Å². The molecule has 1 unspecified atom stereocenters. The van der Waals surface area contributed by atoms with E-state index in [2.05, 4.69) is 6.07 Å². The normalized spacial score (nSPS) is 33.6. The number of allylic oxidation sites excluding steroid dienone is 2. The zero-order valence-electron chi connectivity index (χ0n) is 13.2. The first-order valence-electron chi connectivity index (χ1n) is 8.07. The SMILES string of the molecule is C[C@@H](N)C(=O)N1[C@H](C2=CC(Cl)CC=C2)CC[C@@H]1C1(C#N)COC1. The van der Waals surface area contributed by atoms with E-state index in [0.29, 0.717) is 13.2 Å². The smallest absolute Gasteiger partial charge is 0.240 e. The predicted molar refractivity (Wildman–Crippen MR) is 87.7 cm³/mol. The Bertz CT molecular complexity index is 589. The highest BCUT2D eigenvalue weighted by atomic mass is 35.5. The molecule has 1 aliphatic carbocycles. The van der Waals surface area contributed by atoms with E-state index >= 15 is 0 Å². The molecule has 0 aromatic carbocycles. The van der Waals surface area contributed by atoms with Crippen molar-refractivity contribution >= 4 is 17.5 Å². The van der Waals surface area contributed by atoms with Crippen LogP contribution >= 0.6 is 11.6 Å². The Balaban J connectivity index is 1.93. The average molecular weight is 336 g/mol. The number of hydrogen-bond donors (Lipinski definition) is 1. The van der Waals surface area contributed by atoms with Crippen molar-refractivity contribution in [2.24, 2.45) is 11.1 Å². The second-order valence-electron chi connectivity index (χ2n) is 6.72. The van der Waals surface area contributed by atoms with Crippen LogP contribution in [0.15, 0.2) is 23.8 Å². The van der Waals surface area contributed by atoms with Crippen molar-refractivity contribution < 1.29 is 9.53 Å². The highest BCUT2D eigenvalue weighted by molar-refractivity contribution is 6.22. The molecule has 5 nitrogen and oxygen atoms in total. The predicted octanol–water partition coefficient (Wildman–Crippen LogP) is 1.73. The van der Waals surface area contributed by atoms with Gasteiger partial charge in [-0.05, 0) is 31.8 Å². The van der Waals surface area contributed by atoms with Crippen molar-refractivity contribution in [3.05, 3.63) is 23.8 Å². The molecule has 3 aliphatic rings. The van der Waals surface area contributed by atoms with E-state index in [4.69, 9.17) is 22.1 Å². The molecule has 3 rings (SSSR count). The minimum Gasteiger partial charge on any atom is -0.378 e. The van der Waals surface area contributed by atoms with Gasteiger partial charge >= 0.3 is 0 Å². The lowest BCUT2D eigenvalue weighted by atomic mass is 9.78. The standard InChI is InChI=1S/C17H22ClN3O2/c1-11(20)16(22)21-14(12-3-2-4-13(18)7-12)5-6-15(21)17(8-19)9-23-10-17/h2-3,7,11,13-15H,4-6,9-10,20H2,1H3/t11-,13?,14+,15-/m1/s1. The van der Waals surface area contributed by atoms with E-state index in [1.165, 1.54) is 0 Å². The number of carbonyl (C=O) groups excluding carboxylic acids is 1. The van der Waals surface area contributed by atoms with Crippen LogP contribution in [0, 0.1) is 16.7 Å². The van der Waals surface area contributed by atoms with E-state index in [1.807, 2.05) is 23.1 Å². The summed E-state index contributed by atoms with van der Waals surface area (Å²) in [4.78, 5) is 14.6. The molecule has 0 radical (unpaired) electrons. The van der Waals surface area contributed by atoms with Gasteiger partial charge in [-0.3, -0.25) is 4.79 Å². The Morgan fingerprint density at radius 2 is 2.30 bits per heavy atom. The number of hydrogen-bond acceptors (Lipinski definition) is 4. The van der Waals surface area contributed by atoms with Crippen LogP contribution in [0.3, 0.4) is 0 Å². The lowest BCUT2D eigenvalue weighted by Crippen LogP contribution is -2.60. The molecular formula is C17H22ClN3O2. The fraction of sp³-hybridized carbons (Fsp3) is 0.647. The minimum absolute atomic E-state index is 0.0433. The van der Waals surface area contributed by atoms with E-state index in [0.717, 1.165) is 24.8 Å². The molecular weight excluding hydrogens is 314 g/mol. The lowest BCUT2D eigenvalue weighted by molar-refractivity contribution is -0.148. The molecule has 0 saturated carbocycles. The first-order chi connectivity index (χ1) is 11.0. The van der Waals surface area contributed by atoms with E-state index in [9.17, 15) is 10.1 Å². The molecule has 0 aromatic rings. The molecule has 2 fully saturated rings. The monoisotopic (exact) mass is 335 g/mol. The number of nitrogens with zero attached hydrogens (tertiary/aromatic N) is 2. The van der Waals surface area contributed by atoms with Gasteiger partial charge in [0, 0.05) is 0 Å². The zero-order chi connectivity index (χ0) is 16.6. The number of likely N-dealkylation sites (tertiary alicyclic amines) is 1. The van der Waals surface area contributed by atoms with Crippen molar-refractivity contribution in [3.8, 4) is 6.07 Å². The van der Waals surface area contributed by atoms with Crippen LogP contribution in [-0.2, 0) is 9.53 Å². The van der Waals surface area contributed by atoms with Crippen LogP contribution in [0.2, 0.25) is 0 Å². The highest BCUT2D eigenvalue weighted by Crippen LogP contribution is 2.43. The fourth-order valence-electron chi connectivity index (χ4n) is 3.77. The Morgan fingerprint density at radius 3 is 2.83 bits per heavy atom. The van der Waals surface area contributed by atoms with Gasteiger partial charge in [-0.15, -0.1) is 11.6 Å². The van der Waals surface area contributed by atoms with Crippen molar-refractivity contribution in [2.45, 2.75) is 49.7 Å². The zero-order valence-corrected chi connectivity index (χ0v) is 14.0. The van der Waals surface area contributed by atoms with Crippen molar-refractivity contribution in [1.29, 1.82) is 5.26 Å². The van der Waals surface area contributed by atoms with Crippen molar-refractivity contribution in [3.63, 3.8) is 0 Å². The minimum atomic E-state index is -0.599. The fourth-order valence-corrected chi connectivity index (χ4v) is 4.01. The van der Waals surface area contributed by atoms with Gasteiger partial charge in [-0.2, -0.15) is 5.26 Å². The van der Waals surface area contributed by atoms with Gasteiger partial charge in [0.1, 0.15) is 5.41 Å². The molecule has 2 N–H and O–H groups in total. The van der Waals surface area contributed by atoms with Crippen LogP contribution in [0.25, 0.3) is 0 Å². The summed E-state index contributed by atoms with van der Waals surface area (Å²) in [5.41, 5.74) is 6.33. The number of amides is 1. The maximum Gasteiger partial charge on any atom is 0.240 e. The van der Waals surface area contributed by atoms with E-state index < -0.39 is 11.5 Å². The van der Waals surface area contributed by atoms with E-state index in [1.54, 1.807) is 6.92 Å². The second kappa shape index (κ2) is 6.27. The summed E-state index contributed by atoms with van der Waals surface area (Å²) in [6.45, 7) is 2.47. The number of alkyl halides is 1. The van der Waals surface area contributed by atoms with Gasteiger partial charge < -0.3 is 15.4 Å². The molecule has 2 aliphatic heterocycles. The van der Waals surface area contributed by atoms with Crippen LogP contribution in [-0.4, -0.2) is 47.5 Å². The molecule has 0 bridgehead atoms. The summed E-state index contributed by atoms with van der Waals surface area (Å²) in [5, 5.41) is 9.58. The summed E-state index contributed by atoms with van der Waals surface area (Å²) in [6, 6.07) is 1.60. The van der Waals surface area contributed by atoms with Crippen LogP contribution in [0.5, 0.6) is 0 Å². The topological polar surface area (TPSA) is 79.4 Å². The molecule has 6 heteroatoms. The summed E-state index contributed by atoms with van der Waals surface area (Å²) >= 11 is 6.24. The summed E-state index contributed by atoms with van der Waals surface area (Å²) < 4.78 is 5.29. The molecule has 124 valence electrons. The molecule has 0 aromatic heterocycles. The maximum atomic E-state index is 12.8. The summed E-state index contributed by atoms with van der Waals surface area (Å²) in [5.74, 6) is -0.106. The van der Waals surface area contributed by atoms with Gasteiger partial charge in [0.2, 0.25) is 5.91 Å². The highest BCUT2D eigenvalue weighted by Gasteiger charge is 2.54. The third-order valence-corrected chi connectivity index (χ3v) is 5.34. The van der Waals surface area contributed by atoms with Gasteiger partial charge in [0.25, 0.3) is 0 Å². The van der Waals surface area contributed by atoms with Crippen molar-refractivity contribution in [2.75, 3.05) is 13.2 Å². The number of ether oxygens (including phenoxy) is 1. The Morgan fingerprint density at radius 1 is 1.57 bits per heavy atom. The van der Waals surface area contributed by atoms with E-state index in [-0.39, 0.29) is 23.4 Å². The third kappa shape index (κ3) is 2.80. The number of nitriles is 1. The molecule has 23 heavy (non-hydrogen) atoms. The lowest BCUT2D eigenvalue weighted by Gasteiger charge is -2.45. The summed E-state index contributed by atoms with van der Waals surface area (Å²) in [7, 11) is 0. The first kappa shape index (κ1) is 16.5. The van der Waals surface area contributed by atoms with Gasteiger partial charge in [-0.1, -0.05) is 18.2 Å². The Labute approximate surface area is 141 Å². The largest absolute Gasteiger partial charge is 0.378 e. The van der Waals surface area contributed by atoms with Gasteiger partial charge in [-0.25, -0.2) is 0 Å². The number of halogens is 1. The van der Waals surface area contributed by atoms with Gasteiger partial charge in [0.15, 0.2) is 0 Å². The third-order valence-electron chi connectivity index (χ3n) is 5.04. The molecule has 2 heterocycles. The summed E-state index contributed by atoms with van der Waals surface area (Å²) in [6.07, 6.45) is 8.53. The Kier molecular flexibility index (Phi) is 4.50. The van der Waals surface area contributed by atoms with Crippen LogP contribution in [0.4, 0.5) is 0 Å². The quantitative estimate of drug-likeness (QED) is 0.796. The maximum absolute atomic E-state index is 12.8. The van der Waals surface area contributed by atoms with Crippen molar-refractivity contribution in [1.82, 2.24) is 4.90 Å². The second-order valence-corrected chi connectivity index (χ2v) is 7.29. The van der Waals surface area contributed by atoms with Gasteiger partial charge in [0.05, 0.1) is 42.8 Å². The molecule has 4 atom stereocenters. The average Bonchev–Trinajstić information content (AvgIpc) is 2.91. The Hall–Kier alpha value is -1.35. The molecule has 2 saturated heterocycles. The molecule has 1 amide bonds. The molecule has 0 spiro atoms. The number of carbonyl (C=O) groups is 1. The number of nitrogens with two attached hydrogens (primary N) is 1. The first-order valence-corrected chi connectivity index (χ1v) is 8.51. The number of rotatable bonds is 3.